The van der Waals surface area contributed by atoms with Crippen molar-refractivity contribution < 1.29 is 9.72 Å². The quantitative estimate of drug-likeness (QED) is 0.438. The molecule has 0 fully saturated rings. The highest BCUT2D eigenvalue weighted by Gasteiger charge is 2.24. The van der Waals surface area contributed by atoms with Crippen LogP contribution in [0.1, 0.15) is 22.8 Å². The number of halogens is 1. The van der Waals surface area contributed by atoms with Crippen molar-refractivity contribution in [3.05, 3.63) is 38.4 Å². The lowest BCUT2D eigenvalue weighted by Crippen LogP contribution is -2.02. The molecule has 15 heavy (non-hydrogen) atoms. The molecule has 0 unspecified atom stereocenters. The number of carbonyl (C=O) groups is 1. The molecule has 0 atom stereocenters. The highest BCUT2D eigenvalue weighted by Crippen LogP contribution is 2.29. The molecule has 0 aromatic heterocycles. The van der Waals surface area contributed by atoms with Gasteiger partial charge in [0.15, 0.2) is 5.78 Å². The van der Waals surface area contributed by atoms with Crippen molar-refractivity contribution in [1.29, 1.82) is 5.26 Å². The molecule has 0 heterocycles. The molecule has 0 spiro atoms. The van der Waals surface area contributed by atoms with Crippen LogP contribution in [0, 0.1) is 21.4 Å². The Morgan fingerprint density at radius 3 is 2.60 bits per heavy atom. The number of Topliss-reactive ketones (excluding diaryl/α,β-unsaturated/α-hetero) is 1. The lowest BCUT2D eigenvalue weighted by atomic mass is 10.1. The summed E-state index contributed by atoms with van der Waals surface area (Å²) in [6.07, 6.45) is 0. The third-order valence-corrected chi connectivity index (χ3v) is 2.12. The van der Waals surface area contributed by atoms with Gasteiger partial charge < -0.3 is 0 Å². The zero-order chi connectivity index (χ0) is 11.6. The van der Waals surface area contributed by atoms with E-state index >= 15 is 0 Å². The average molecular weight is 225 g/mol. The molecule has 0 radical (unpaired) electrons. The van der Waals surface area contributed by atoms with Gasteiger partial charge in [-0.15, -0.1) is 0 Å². The molecule has 0 saturated carbocycles. The maximum Gasteiger partial charge on any atom is 0.299 e. The average Bonchev–Trinajstić information content (AvgIpc) is 2.16. The van der Waals surface area contributed by atoms with Crippen molar-refractivity contribution in [3.8, 4) is 6.07 Å². The van der Waals surface area contributed by atoms with Gasteiger partial charge in [0, 0.05) is 0 Å². The van der Waals surface area contributed by atoms with Gasteiger partial charge in [0.25, 0.3) is 5.69 Å². The molecule has 1 rings (SSSR count). The number of nitriles is 1. The van der Waals surface area contributed by atoms with E-state index in [4.69, 9.17) is 16.9 Å². The summed E-state index contributed by atoms with van der Waals surface area (Å²) in [7, 11) is 0. The first kappa shape index (κ1) is 11.1. The molecule has 76 valence electrons. The van der Waals surface area contributed by atoms with Crippen LogP contribution in [0.15, 0.2) is 12.1 Å². The van der Waals surface area contributed by atoms with E-state index in [-0.39, 0.29) is 16.1 Å². The van der Waals surface area contributed by atoms with Crippen LogP contribution in [0.25, 0.3) is 0 Å². The largest absolute Gasteiger partial charge is 0.299 e. The Morgan fingerprint density at radius 2 is 2.20 bits per heavy atom. The van der Waals surface area contributed by atoms with E-state index < -0.39 is 16.4 Å². The van der Waals surface area contributed by atoms with Crippen LogP contribution in [-0.4, -0.2) is 10.7 Å². The molecule has 0 bridgehead atoms. The Bertz CT molecular complexity index is 491. The predicted molar refractivity (Wildman–Crippen MR) is 52.8 cm³/mol. The number of nitrogens with zero attached hydrogens (tertiary/aromatic N) is 2. The third kappa shape index (κ3) is 1.95. The van der Waals surface area contributed by atoms with Crippen molar-refractivity contribution in [1.82, 2.24) is 0 Å². The molecule has 6 heteroatoms. The summed E-state index contributed by atoms with van der Waals surface area (Å²) in [5.74, 6) is -0.477. The molecule has 0 aliphatic heterocycles. The second-order valence-electron chi connectivity index (χ2n) is 2.74. The maximum absolute atomic E-state index is 11.1. The van der Waals surface area contributed by atoms with Gasteiger partial charge in [-0.25, -0.2) is 0 Å². The first-order valence-corrected chi connectivity index (χ1v) is 4.24. The zero-order valence-electron chi connectivity index (χ0n) is 7.65. The summed E-state index contributed by atoms with van der Waals surface area (Å²) in [6.45, 7) is 1.19. The second kappa shape index (κ2) is 4.07. The van der Waals surface area contributed by atoms with Gasteiger partial charge in [-0.2, -0.15) is 5.26 Å². The van der Waals surface area contributed by atoms with Crippen molar-refractivity contribution >= 4 is 23.1 Å². The topological polar surface area (TPSA) is 84.0 Å². The molecule has 0 aliphatic carbocycles. The van der Waals surface area contributed by atoms with E-state index in [1.165, 1.54) is 19.1 Å². The Labute approximate surface area is 90.0 Å². The fourth-order valence-electron chi connectivity index (χ4n) is 1.15. The maximum atomic E-state index is 11.1. The van der Waals surface area contributed by atoms with E-state index in [0.29, 0.717) is 0 Å². The predicted octanol–water partition coefficient (Wildman–Crippen LogP) is 2.32. The van der Waals surface area contributed by atoms with Crippen molar-refractivity contribution in [3.63, 3.8) is 0 Å². The van der Waals surface area contributed by atoms with Gasteiger partial charge >= 0.3 is 0 Å². The van der Waals surface area contributed by atoms with E-state index in [9.17, 15) is 14.9 Å². The number of rotatable bonds is 2. The molecule has 5 nitrogen and oxygen atoms in total. The number of nitro groups is 1. The molecular weight excluding hydrogens is 220 g/mol. The summed E-state index contributed by atoms with van der Waals surface area (Å²) >= 11 is 5.61. The molecule has 1 aromatic rings. The minimum atomic E-state index is -0.777. The standard InChI is InChI=1S/C9H5ClN2O3/c1-5(13)6-2-3-8(10)7(4-11)9(6)12(14)15/h2-3H,1H3. The van der Waals surface area contributed by atoms with Gasteiger partial charge in [-0.1, -0.05) is 11.6 Å². The monoisotopic (exact) mass is 224 g/mol. The Morgan fingerprint density at radius 1 is 1.60 bits per heavy atom. The van der Waals surface area contributed by atoms with Gasteiger partial charge in [0.1, 0.15) is 11.6 Å². The number of nitro benzene ring substituents is 1. The number of ketones is 1. The van der Waals surface area contributed by atoms with Gasteiger partial charge in [-0.05, 0) is 19.1 Å². The number of hydrogen-bond donors (Lipinski definition) is 0. The smallest absolute Gasteiger partial charge is 0.294 e. The van der Waals surface area contributed by atoms with Crippen LogP contribution in [0.5, 0.6) is 0 Å². The van der Waals surface area contributed by atoms with Crippen LogP contribution in [-0.2, 0) is 0 Å². The fourth-order valence-corrected chi connectivity index (χ4v) is 1.34. The summed E-state index contributed by atoms with van der Waals surface area (Å²) in [4.78, 5) is 21.0. The highest BCUT2D eigenvalue weighted by molar-refractivity contribution is 6.32. The molecule has 1 aromatic carbocycles. The third-order valence-electron chi connectivity index (χ3n) is 1.80. The second-order valence-corrected chi connectivity index (χ2v) is 3.15. The van der Waals surface area contributed by atoms with Gasteiger partial charge in [0.05, 0.1) is 15.5 Å². The first-order valence-electron chi connectivity index (χ1n) is 3.87. The fraction of sp³-hybridized carbons (Fsp3) is 0.111. The number of hydrogen-bond acceptors (Lipinski definition) is 4. The normalized spacial score (nSPS) is 9.40. The molecule has 0 aliphatic rings. The summed E-state index contributed by atoms with van der Waals surface area (Å²) in [6, 6.07) is 4.15. The van der Waals surface area contributed by atoms with Crippen LogP contribution in [0.3, 0.4) is 0 Å². The molecule has 0 amide bonds. The highest BCUT2D eigenvalue weighted by atomic mass is 35.5. The zero-order valence-corrected chi connectivity index (χ0v) is 8.41. The Hall–Kier alpha value is -1.93. The summed E-state index contributed by atoms with van der Waals surface area (Å²) < 4.78 is 0. The van der Waals surface area contributed by atoms with Crippen molar-refractivity contribution in [2.75, 3.05) is 0 Å². The van der Waals surface area contributed by atoms with Gasteiger partial charge in [0.2, 0.25) is 0 Å². The van der Waals surface area contributed by atoms with Crippen LogP contribution < -0.4 is 0 Å². The van der Waals surface area contributed by atoms with Crippen LogP contribution >= 0.6 is 11.6 Å². The van der Waals surface area contributed by atoms with E-state index in [1.54, 1.807) is 6.07 Å². The lowest BCUT2D eigenvalue weighted by Gasteiger charge is -2.01. The van der Waals surface area contributed by atoms with Crippen molar-refractivity contribution in [2.24, 2.45) is 0 Å². The van der Waals surface area contributed by atoms with Crippen LogP contribution in [0.4, 0.5) is 5.69 Å². The summed E-state index contributed by atoms with van der Waals surface area (Å²) in [5, 5.41) is 19.4. The van der Waals surface area contributed by atoms with Crippen LogP contribution in [0.2, 0.25) is 5.02 Å². The Kier molecular flexibility index (Phi) is 3.02. The molecular formula is C9H5ClN2O3. The van der Waals surface area contributed by atoms with E-state index in [0.717, 1.165) is 0 Å². The van der Waals surface area contributed by atoms with Gasteiger partial charge in [-0.3, -0.25) is 14.9 Å². The number of carbonyl (C=O) groups excluding carboxylic acids is 1. The minimum Gasteiger partial charge on any atom is -0.294 e. The lowest BCUT2D eigenvalue weighted by molar-refractivity contribution is -0.385. The molecule has 0 saturated heterocycles. The number of benzene rings is 1. The molecule has 0 N–H and O–H groups in total. The Balaban J connectivity index is 3.66. The van der Waals surface area contributed by atoms with E-state index in [1.807, 2.05) is 0 Å². The SMILES string of the molecule is CC(=O)c1ccc(Cl)c(C#N)c1[N+](=O)[O-]. The minimum absolute atomic E-state index is 0.0331. The van der Waals surface area contributed by atoms with E-state index in [2.05, 4.69) is 0 Å². The van der Waals surface area contributed by atoms with Crippen molar-refractivity contribution in [2.45, 2.75) is 6.92 Å². The summed E-state index contributed by atoms with van der Waals surface area (Å²) in [5.41, 5.74) is -0.923. The first-order chi connectivity index (χ1) is 6.99.